The van der Waals surface area contributed by atoms with Gasteiger partial charge in [-0.25, -0.2) is 0 Å². The molecule has 0 amide bonds. The molecule has 5 nitrogen and oxygen atoms in total. The molecule has 0 aliphatic heterocycles. The van der Waals surface area contributed by atoms with Crippen LogP contribution in [0.2, 0.25) is 0 Å². The predicted molar refractivity (Wildman–Crippen MR) is 76.0 cm³/mol. The summed E-state index contributed by atoms with van der Waals surface area (Å²) in [7, 11) is 0. The van der Waals surface area contributed by atoms with E-state index in [0.717, 1.165) is 0 Å². The van der Waals surface area contributed by atoms with Gasteiger partial charge in [0, 0.05) is 11.1 Å². The van der Waals surface area contributed by atoms with Gasteiger partial charge in [-0.1, -0.05) is 6.07 Å². The lowest BCUT2D eigenvalue weighted by Gasteiger charge is -2.21. The van der Waals surface area contributed by atoms with Crippen molar-refractivity contribution >= 4 is 23.5 Å². The van der Waals surface area contributed by atoms with E-state index >= 15 is 0 Å². The van der Waals surface area contributed by atoms with E-state index in [0.29, 0.717) is 10.7 Å². The summed E-state index contributed by atoms with van der Waals surface area (Å²) in [5.41, 5.74) is 2.89. The quantitative estimate of drug-likeness (QED) is 0.284. The summed E-state index contributed by atoms with van der Waals surface area (Å²) >= 11 is 5.03. The van der Waals surface area contributed by atoms with Crippen LogP contribution in [0.3, 0.4) is 0 Å². The molecule has 0 saturated heterocycles. The number of phenols is 2. The Kier molecular flexibility index (Phi) is 4.49. The van der Waals surface area contributed by atoms with Gasteiger partial charge in [-0.2, -0.15) is 5.10 Å². The van der Waals surface area contributed by atoms with Gasteiger partial charge < -0.3 is 15.5 Å². The highest BCUT2D eigenvalue weighted by Gasteiger charge is 2.10. The van der Waals surface area contributed by atoms with E-state index in [1.807, 2.05) is 20.8 Å². The zero-order valence-electron chi connectivity index (χ0n) is 10.6. The topological polar surface area (TPSA) is 76.9 Å². The van der Waals surface area contributed by atoms with Crippen molar-refractivity contribution in [1.29, 1.82) is 0 Å². The summed E-state index contributed by atoms with van der Waals surface area (Å²) in [6, 6.07) is 4.63. The van der Waals surface area contributed by atoms with Gasteiger partial charge in [0.25, 0.3) is 0 Å². The van der Waals surface area contributed by atoms with Crippen molar-refractivity contribution in [3.8, 4) is 11.5 Å². The van der Waals surface area contributed by atoms with Gasteiger partial charge in [0.2, 0.25) is 0 Å². The number of rotatable bonds is 2. The number of hydrazone groups is 1. The Hall–Kier alpha value is -1.82. The van der Waals surface area contributed by atoms with Crippen LogP contribution in [-0.2, 0) is 0 Å². The van der Waals surface area contributed by atoms with Gasteiger partial charge >= 0.3 is 0 Å². The maximum absolute atomic E-state index is 9.53. The molecule has 0 aromatic heterocycles. The van der Waals surface area contributed by atoms with Crippen LogP contribution in [-0.4, -0.2) is 27.1 Å². The monoisotopic (exact) mass is 267 g/mol. The number of nitrogens with one attached hydrogen (secondary N) is 2. The lowest BCUT2D eigenvalue weighted by Crippen LogP contribution is -2.44. The summed E-state index contributed by atoms with van der Waals surface area (Å²) in [5, 5.41) is 26.1. The number of aromatic hydroxyl groups is 2. The van der Waals surface area contributed by atoms with E-state index in [4.69, 9.17) is 12.2 Å². The number of nitrogens with zero attached hydrogens (tertiary/aromatic N) is 1. The molecule has 0 spiro atoms. The average Bonchev–Trinajstić information content (AvgIpc) is 2.21. The van der Waals surface area contributed by atoms with Crippen molar-refractivity contribution in [3.63, 3.8) is 0 Å². The van der Waals surface area contributed by atoms with Gasteiger partial charge in [0.05, 0.1) is 6.21 Å². The molecule has 0 aliphatic carbocycles. The molecule has 0 bridgehead atoms. The van der Waals surface area contributed by atoms with Crippen LogP contribution < -0.4 is 10.7 Å². The van der Waals surface area contributed by atoms with Crippen molar-refractivity contribution in [3.05, 3.63) is 23.8 Å². The van der Waals surface area contributed by atoms with Gasteiger partial charge in [-0.15, -0.1) is 0 Å². The molecule has 98 valence electrons. The molecular weight excluding hydrogens is 250 g/mol. The maximum Gasteiger partial charge on any atom is 0.187 e. The Morgan fingerprint density at radius 3 is 2.61 bits per heavy atom. The molecule has 0 aliphatic rings. The number of benzene rings is 1. The molecule has 0 heterocycles. The highest BCUT2D eigenvalue weighted by atomic mass is 32.1. The molecule has 6 heteroatoms. The number of hydrogen-bond acceptors (Lipinski definition) is 4. The Morgan fingerprint density at radius 1 is 1.33 bits per heavy atom. The third-order valence-corrected chi connectivity index (χ3v) is 2.10. The largest absolute Gasteiger partial charge is 0.504 e. The standard InChI is InChI=1S/C12H17N3O2S/c1-12(2,3)14-11(18)15-13-7-8-5-4-6-9(16)10(8)17/h4-7,16-17H,1-3H3,(H2,14,15,18). The number of thiocarbonyl (C=S) groups is 1. The maximum atomic E-state index is 9.53. The Morgan fingerprint density at radius 2 is 2.00 bits per heavy atom. The van der Waals surface area contributed by atoms with E-state index in [-0.39, 0.29) is 17.0 Å². The van der Waals surface area contributed by atoms with Crippen LogP contribution in [0, 0.1) is 0 Å². The second-order valence-electron chi connectivity index (χ2n) is 4.79. The minimum Gasteiger partial charge on any atom is -0.504 e. The highest BCUT2D eigenvalue weighted by Crippen LogP contribution is 2.26. The molecular formula is C12H17N3O2S. The van der Waals surface area contributed by atoms with Crippen molar-refractivity contribution in [2.45, 2.75) is 26.3 Å². The van der Waals surface area contributed by atoms with Gasteiger partial charge in [-0.3, -0.25) is 5.43 Å². The van der Waals surface area contributed by atoms with Crippen molar-refractivity contribution in [2.24, 2.45) is 5.10 Å². The first-order valence-electron chi connectivity index (χ1n) is 5.42. The van der Waals surface area contributed by atoms with Crippen LogP contribution in [0.4, 0.5) is 0 Å². The first-order chi connectivity index (χ1) is 8.29. The van der Waals surface area contributed by atoms with Crippen molar-refractivity contribution in [2.75, 3.05) is 0 Å². The average molecular weight is 267 g/mol. The van der Waals surface area contributed by atoms with E-state index in [1.54, 1.807) is 12.1 Å². The van der Waals surface area contributed by atoms with E-state index in [2.05, 4.69) is 15.8 Å². The summed E-state index contributed by atoms with van der Waals surface area (Å²) in [4.78, 5) is 0. The Balaban J connectivity index is 2.61. The molecule has 0 atom stereocenters. The molecule has 4 N–H and O–H groups in total. The van der Waals surface area contributed by atoms with Crippen LogP contribution in [0.1, 0.15) is 26.3 Å². The van der Waals surface area contributed by atoms with Gasteiger partial charge in [-0.05, 0) is 45.1 Å². The molecule has 0 unspecified atom stereocenters. The van der Waals surface area contributed by atoms with Crippen molar-refractivity contribution < 1.29 is 10.2 Å². The first-order valence-corrected chi connectivity index (χ1v) is 5.82. The molecule has 1 aromatic rings. The zero-order valence-corrected chi connectivity index (χ0v) is 11.4. The van der Waals surface area contributed by atoms with Gasteiger partial charge in [0.1, 0.15) is 0 Å². The van der Waals surface area contributed by atoms with Crippen LogP contribution in [0.15, 0.2) is 23.3 Å². The summed E-state index contributed by atoms with van der Waals surface area (Å²) < 4.78 is 0. The molecule has 18 heavy (non-hydrogen) atoms. The summed E-state index contributed by atoms with van der Waals surface area (Å²) in [5.74, 6) is -0.396. The molecule has 0 fully saturated rings. The minimum atomic E-state index is -0.210. The molecule has 1 aromatic carbocycles. The minimum absolute atomic E-state index is 0.146. The van der Waals surface area contributed by atoms with Crippen molar-refractivity contribution in [1.82, 2.24) is 10.7 Å². The zero-order chi connectivity index (χ0) is 13.8. The predicted octanol–water partition coefficient (Wildman–Crippen LogP) is 1.69. The van der Waals surface area contributed by atoms with E-state index < -0.39 is 0 Å². The summed E-state index contributed by atoms with van der Waals surface area (Å²) in [6.45, 7) is 5.93. The number of hydrogen-bond donors (Lipinski definition) is 4. The smallest absolute Gasteiger partial charge is 0.187 e. The third-order valence-electron chi connectivity index (χ3n) is 1.90. The fraction of sp³-hybridized carbons (Fsp3) is 0.333. The van der Waals surface area contributed by atoms with Crippen LogP contribution in [0.5, 0.6) is 11.5 Å². The third kappa shape index (κ3) is 4.58. The molecule has 1 rings (SSSR count). The molecule has 0 saturated carbocycles. The fourth-order valence-corrected chi connectivity index (χ4v) is 1.54. The normalized spacial score (nSPS) is 11.5. The SMILES string of the molecule is CC(C)(C)NC(=S)NN=Cc1cccc(O)c1O. The second-order valence-corrected chi connectivity index (χ2v) is 5.20. The fourth-order valence-electron chi connectivity index (χ4n) is 1.18. The lowest BCUT2D eigenvalue weighted by atomic mass is 10.1. The van der Waals surface area contributed by atoms with Crippen LogP contribution >= 0.6 is 12.2 Å². The Bertz CT molecular complexity index is 467. The highest BCUT2D eigenvalue weighted by molar-refractivity contribution is 7.80. The van der Waals surface area contributed by atoms with E-state index in [1.165, 1.54) is 12.3 Å². The van der Waals surface area contributed by atoms with E-state index in [9.17, 15) is 10.2 Å². The first kappa shape index (κ1) is 14.2. The molecule has 0 radical (unpaired) electrons. The second kappa shape index (κ2) is 5.68. The summed E-state index contributed by atoms with van der Waals surface area (Å²) in [6.07, 6.45) is 1.38. The van der Waals surface area contributed by atoms with Crippen LogP contribution in [0.25, 0.3) is 0 Å². The number of para-hydroxylation sites is 1. The van der Waals surface area contributed by atoms with Gasteiger partial charge in [0.15, 0.2) is 16.6 Å². The Labute approximate surface area is 112 Å². The number of phenolic OH excluding ortho intramolecular Hbond substituents is 2. The lowest BCUT2D eigenvalue weighted by molar-refractivity contribution is 0.403.